The van der Waals surface area contributed by atoms with Crippen molar-refractivity contribution in [2.24, 2.45) is 0 Å². The van der Waals surface area contributed by atoms with Crippen molar-refractivity contribution in [1.82, 2.24) is 14.9 Å². The van der Waals surface area contributed by atoms with Crippen molar-refractivity contribution in [3.63, 3.8) is 0 Å². The van der Waals surface area contributed by atoms with Crippen LogP contribution in [0.25, 0.3) is 5.69 Å². The number of pyridine rings is 1. The smallest absolute Gasteiger partial charge is 0.174 e. The second-order valence-corrected chi connectivity index (χ2v) is 9.48. The van der Waals surface area contributed by atoms with Gasteiger partial charge in [0, 0.05) is 34.0 Å². The number of hydrogen-bond acceptors (Lipinski definition) is 2. The summed E-state index contributed by atoms with van der Waals surface area (Å²) >= 11 is 12.0. The molecule has 4 aromatic rings. The van der Waals surface area contributed by atoms with Crippen LogP contribution in [-0.4, -0.2) is 14.7 Å². The molecule has 0 saturated carbocycles. The number of nitrogens with one attached hydrogen (secondary N) is 1. The van der Waals surface area contributed by atoms with Gasteiger partial charge in [0.05, 0.1) is 17.8 Å². The van der Waals surface area contributed by atoms with Crippen LogP contribution in [0.5, 0.6) is 0 Å². The molecule has 0 amide bonds. The number of nitrogens with zero attached hydrogens (tertiary/aromatic N) is 3. The fraction of sp³-hybridized carbons (Fsp3) is 0.214. The molecule has 2 aromatic carbocycles. The highest BCUT2D eigenvalue weighted by atomic mass is 35.5. The van der Waals surface area contributed by atoms with Crippen molar-refractivity contribution >= 4 is 34.6 Å². The molecule has 0 bridgehead atoms. The Balaban J connectivity index is 1.66. The maximum Gasteiger partial charge on any atom is 0.174 e. The summed E-state index contributed by atoms with van der Waals surface area (Å²) in [4.78, 5) is 6.92. The van der Waals surface area contributed by atoms with Crippen molar-refractivity contribution in [3.8, 4) is 5.69 Å². The molecule has 1 aliphatic rings. The van der Waals surface area contributed by atoms with Gasteiger partial charge in [-0.3, -0.25) is 4.98 Å². The Bertz CT molecular complexity index is 1310. The Hall–Kier alpha value is -3.15. The summed E-state index contributed by atoms with van der Waals surface area (Å²) in [5, 5.41) is 5.01. The van der Waals surface area contributed by atoms with Crippen LogP contribution in [0.1, 0.15) is 47.2 Å². The van der Waals surface area contributed by atoms with Crippen LogP contribution in [0.4, 0.5) is 5.69 Å². The van der Waals surface area contributed by atoms with E-state index in [1.807, 2.05) is 30.5 Å². The highest BCUT2D eigenvalue weighted by molar-refractivity contribution is 7.80. The van der Waals surface area contributed by atoms with Gasteiger partial charge in [0.25, 0.3) is 0 Å². The second kappa shape index (κ2) is 9.24. The summed E-state index contributed by atoms with van der Waals surface area (Å²) in [5.41, 5.74) is 8.00. The maximum atomic E-state index is 6.15. The second-order valence-electron chi connectivity index (χ2n) is 8.65. The summed E-state index contributed by atoms with van der Waals surface area (Å²) in [6.45, 7) is 6.48. The third-order valence-electron chi connectivity index (χ3n) is 6.59. The molecule has 3 heterocycles. The number of hydrogen-bond donors (Lipinski definition) is 1. The molecule has 6 heteroatoms. The van der Waals surface area contributed by atoms with Gasteiger partial charge in [-0.2, -0.15) is 0 Å². The van der Waals surface area contributed by atoms with Gasteiger partial charge in [-0.05, 0) is 98.2 Å². The Labute approximate surface area is 211 Å². The van der Waals surface area contributed by atoms with Crippen LogP contribution >= 0.6 is 23.8 Å². The topological polar surface area (TPSA) is 33.1 Å². The molecule has 1 fully saturated rings. The first-order valence-corrected chi connectivity index (χ1v) is 12.3. The lowest BCUT2D eigenvalue weighted by molar-refractivity contribution is 0.565. The molecular formula is C28H27ClN4S. The molecule has 34 heavy (non-hydrogen) atoms. The normalized spacial score (nSPS) is 17.8. The van der Waals surface area contributed by atoms with Crippen molar-refractivity contribution < 1.29 is 0 Å². The first kappa shape index (κ1) is 22.6. The third kappa shape index (κ3) is 3.99. The van der Waals surface area contributed by atoms with Gasteiger partial charge in [0.2, 0.25) is 0 Å². The minimum Gasteiger partial charge on any atom is -0.351 e. The average Bonchev–Trinajstić information content (AvgIpc) is 3.35. The summed E-state index contributed by atoms with van der Waals surface area (Å²) < 4.78 is 2.28. The van der Waals surface area contributed by atoms with E-state index in [0.717, 1.165) is 34.2 Å². The average molecular weight is 487 g/mol. The zero-order chi connectivity index (χ0) is 23.8. The molecule has 4 nitrogen and oxygen atoms in total. The lowest BCUT2D eigenvalue weighted by Crippen LogP contribution is -2.29. The van der Waals surface area contributed by atoms with E-state index in [4.69, 9.17) is 23.8 Å². The monoisotopic (exact) mass is 486 g/mol. The van der Waals surface area contributed by atoms with Crippen molar-refractivity contribution in [3.05, 3.63) is 112 Å². The summed E-state index contributed by atoms with van der Waals surface area (Å²) in [5.74, 6) is 0. The van der Waals surface area contributed by atoms with E-state index in [-0.39, 0.29) is 12.1 Å². The fourth-order valence-electron chi connectivity index (χ4n) is 4.92. The van der Waals surface area contributed by atoms with E-state index in [1.165, 1.54) is 16.8 Å². The number of halogens is 1. The van der Waals surface area contributed by atoms with Crippen molar-refractivity contribution in [1.29, 1.82) is 0 Å². The van der Waals surface area contributed by atoms with Gasteiger partial charge in [-0.15, -0.1) is 0 Å². The summed E-state index contributed by atoms with van der Waals surface area (Å²) in [7, 11) is 0. The first-order valence-electron chi connectivity index (χ1n) is 11.5. The van der Waals surface area contributed by atoms with Crippen molar-refractivity contribution in [2.75, 3.05) is 4.90 Å². The zero-order valence-electron chi connectivity index (χ0n) is 19.5. The van der Waals surface area contributed by atoms with Gasteiger partial charge in [0.1, 0.15) is 0 Å². The molecule has 1 aliphatic heterocycles. The minimum absolute atomic E-state index is 0.0397. The SMILES string of the molecule is CCc1ccc(N2C(=S)N[C@H](c3ccccn3)[C@H]2c2cc(C)n(-c3ccc(Cl)cc3)c2C)cc1. The Morgan fingerprint density at radius 1 is 0.971 bits per heavy atom. The van der Waals surface area contributed by atoms with Crippen LogP contribution in [0, 0.1) is 13.8 Å². The standard InChI is InChI=1S/C28H27ClN4S/c1-4-20-8-12-23(13-9-20)33-27(26(31-28(33)34)25-7-5-6-16-30-25)24-17-18(2)32(19(24)3)22-14-10-21(29)11-15-22/h5-17,26-27H,4H2,1-3H3,(H,31,34)/t26-,27-/m1/s1. The molecule has 1 N–H and O–H groups in total. The van der Waals surface area contributed by atoms with Crippen LogP contribution < -0.4 is 10.2 Å². The molecule has 0 radical (unpaired) electrons. The predicted octanol–water partition coefficient (Wildman–Crippen LogP) is 6.88. The van der Waals surface area contributed by atoms with Gasteiger partial charge in [-0.1, -0.05) is 36.7 Å². The number of benzene rings is 2. The number of thiocarbonyl (C=S) groups is 1. The Morgan fingerprint density at radius 3 is 2.32 bits per heavy atom. The molecular weight excluding hydrogens is 460 g/mol. The minimum atomic E-state index is -0.0706. The van der Waals surface area contributed by atoms with Crippen molar-refractivity contribution in [2.45, 2.75) is 39.3 Å². The molecule has 2 atom stereocenters. The summed E-state index contributed by atoms with van der Waals surface area (Å²) in [6, 6.07) is 24.9. The molecule has 0 unspecified atom stereocenters. The van der Waals surface area contributed by atoms with E-state index in [0.29, 0.717) is 5.11 Å². The highest BCUT2D eigenvalue weighted by Crippen LogP contribution is 2.43. The molecule has 0 spiro atoms. The van der Waals surface area contributed by atoms with Gasteiger partial charge >= 0.3 is 0 Å². The number of aromatic nitrogens is 2. The Morgan fingerprint density at radius 2 is 1.68 bits per heavy atom. The lowest BCUT2D eigenvalue weighted by atomic mass is 9.96. The summed E-state index contributed by atoms with van der Waals surface area (Å²) in [6.07, 6.45) is 2.85. The number of anilines is 1. The molecule has 5 rings (SSSR count). The molecule has 2 aromatic heterocycles. The molecule has 1 saturated heterocycles. The van der Waals surface area contributed by atoms with E-state index < -0.39 is 0 Å². The third-order valence-corrected chi connectivity index (χ3v) is 7.16. The van der Waals surface area contributed by atoms with Crippen LogP contribution in [-0.2, 0) is 6.42 Å². The maximum absolute atomic E-state index is 6.15. The van der Waals surface area contributed by atoms with Gasteiger partial charge in [-0.25, -0.2) is 0 Å². The zero-order valence-corrected chi connectivity index (χ0v) is 21.1. The highest BCUT2D eigenvalue weighted by Gasteiger charge is 2.42. The predicted molar refractivity (Wildman–Crippen MR) is 144 cm³/mol. The quantitative estimate of drug-likeness (QED) is 0.311. The van der Waals surface area contributed by atoms with Crippen LogP contribution in [0.2, 0.25) is 5.02 Å². The molecule has 0 aliphatic carbocycles. The van der Waals surface area contributed by atoms with E-state index in [9.17, 15) is 0 Å². The van der Waals surface area contributed by atoms with Crippen LogP contribution in [0.15, 0.2) is 79.0 Å². The van der Waals surface area contributed by atoms with E-state index >= 15 is 0 Å². The van der Waals surface area contributed by atoms with Gasteiger partial charge < -0.3 is 14.8 Å². The van der Waals surface area contributed by atoms with E-state index in [2.05, 4.69) is 89.1 Å². The largest absolute Gasteiger partial charge is 0.351 e. The fourth-order valence-corrected chi connectivity index (χ4v) is 5.39. The number of rotatable bonds is 5. The van der Waals surface area contributed by atoms with E-state index in [1.54, 1.807) is 0 Å². The number of aryl methyl sites for hydroxylation is 2. The van der Waals surface area contributed by atoms with Gasteiger partial charge in [0.15, 0.2) is 5.11 Å². The lowest BCUT2D eigenvalue weighted by Gasteiger charge is -2.28. The Kier molecular flexibility index (Phi) is 6.15. The van der Waals surface area contributed by atoms with Crippen LogP contribution in [0.3, 0.4) is 0 Å². The first-order chi connectivity index (χ1) is 16.5. The molecule has 172 valence electrons.